The van der Waals surface area contributed by atoms with Gasteiger partial charge in [0, 0.05) is 38.3 Å². The van der Waals surface area contributed by atoms with Crippen LogP contribution >= 0.6 is 0 Å². The van der Waals surface area contributed by atoms with Crippen molar-refractivity contribution in [3.8, 4) is 0 Å². The molecule has 1 aliphatic heterocycles. The highest BCUT2D eigenvalue weighted by Crippen LogP contribution is 2.23. The molecule has 1 fully saturated rings. The van der Waals surface area contributed by atoms with E-state index < -0.39 is 10.0 Å². The van der Waals surface area contributed by atoms with Gasteiger partial charge < -0.3 is 9.80 Å². The monoisotopic (exact) mass is 387 g/mol. The minimum absolute atomic E-state index is 0.0533. The van der Waals surface area contributed by atoms with Gasteiger partial charge >= 0.3 is 0 Å². The highest BCUT2D eigenvalue weighted by molar-refractivity contribution is 7.92. The first-order valence-electron chi connectivity index (χ1n) is 9.09. The summed E-state index contributed by atoms with van der Waals surface area (Å²) in [6.07, 6.45) is 0. The Morgan fingerprint density at radius 2 is 1.56 bits per heavy atom. The Labute approximate surface area is 161 Å². The van der Waals surface area contributed by atoms with Crippen molar-refractivity contribution < 1.29 is 13.2 Å². The molecular weight excluding hydrogens is 362 g/mol. The number of carbonyl (C=O) groups excluding carboxylic acids is 1. The topological polar surface area (TPSA) is 60.9 Å². The number of piperazine rings is 1. The fourth-order valence-electron chi connectivity index (χ4n) is 3.17. The van der Waals surface area contributed by atoms with Gasteiger partial charge in [0.15, 0.2) is 0 Å². The standard InChI is InChI=1S/C20H25N3O3S/c1-3-23(18-7-5-4-6-8-18)27(25,26)19-11-9-17(10-12-19)20(24)22-15-13-21(2)14-16-22/h4-12H,3,13-16H2,1-2H3. The fourth-order valence-corrected chi connectivity index (χ4v) is 4.65. The molecule has 27 heavy (non-hydrogen) atoms. The summed E-state index contributed by atoms with van der Waals surface area (Å²) < 4.78 is 27.4. The third kappa shape index (κ3) is 4.14. The quantitative estimate of drug-likeness (QED) is 0.790. The molecule has 6 nitrogen and oxygen atoms in total. The van der Waals surface area contributed by atoms with E-state index in [-0.39, 0.29) is 10.8 Å². The van der Waals surface area contributed by atoms with Crippen LogP contribution in [0.3, 0.4) is 0 Å². The molecule has 1 heterocycles. The third-order valence-electron chi connectivity index (χ3n) is 4.81. The van der Waals surface area contributed by atoms with Crippen LogP contribution in [0.2, 0.25) is 0 Å². The maximum Gasteiger partial charge on any atom is 0.264 e. The average Bonchev–Trinajstić information content (AvgIpc) is 2.69. The number of nitrogens with zero attached hydrogens (tertiary/aromatic N) is 3. The second kappa shape index (κ2) is 8.10. The molecule has 0 N–H and O–H groups in total. The van der Waals surface area contributed by atoms with Crippen molar-refractivity contribution in [2.24, 2.45) is 0 Å². The Hall–Kier alpha value is -2.38. The smallest absolute Gasteiger partial charge is 0.264 e. The van der Waals surface area contributed by atoms with Crippen LogP contribution in [-0.2, 0) is 10.0 Å². The Morgan fingerprint density at radius 1 is 0.963 bits per heavy atom. The van der Waals surface area contributed by atoms with Gasteiger partial charge in [-0.2, -0.15) is 0 Å². The summed E-state index contributed by atoms with van der Waals surface area (Å²) in [6, 6.07) is 15.3. The summed E-state index contributed by atoms with van der Waals surface area (Å²) in [5.74, 6) is -0.0533. The summed E-state index contributed by atoms with van der Waals surface area (Å²) in [4.78, 5) is 16.8. The number of carbonyl (C=O) groups is 1. The summed E-state index contributed by atoms with van der Waals surface area (Å²) >= 11 is 0. The van der Waals surface area contributed by atoms with Crippen LogP contribution in [0, 0.1) is 0 Å². The van der Waals surface area contributed by atoms with Crippen LogP contribution in [0.1, 0.15) is 17.3 Å². The number of rotatable bonds is 5. The molecule has 0 unspecified atom stereocenters. The molecule has 0 aromatic heterocycles. The van der Waals surface area contributed by atoms with Crippen molar-refractivity contribution in [1.82, 2.24) is 9.80 Å². The molecule has 0 bridgehead atoms. The molecule has 3 rings (SSSR count). The lowest BCUT2D eigenvalue weighted by Crippen LogP contribution is -2.47. The number of likely N-dealkylation sites (N-methyl/N-ethyl adjacent to an activating group) is 1. The summed E-state index contributed by atoms with van der Waals surface area (Å²) in [6.45, 7) is 5.20. The van der Waals surface area contributed by atoms with Gasteiger partial charge in [-0.1, -0.05) is 18.2 Å². The SMILES string of the molecule is CCN(c1ccccc1)S(=O)(=O)c1ccc(C(=O)N2CCN(C)CC2)cc1. The molecule has 1 aliphatic rings. The first kappa shape index (κ1) is 19.4. The highest BCUT2D eigenvalue weighted by atomic mass is 32.2. The number of amides is 1. The van der Waals surface area contributed by atoms with Gasteiger partial charge in [0.1, 0.15) is 0 Å². The predicted molar refractivity (Wildman–Crippen MR) is 106 cm³/mol. The van der Waals surface area contributed by atoms with Gasteiger partial charge in [-0.25, -0.2) is 8.42 Å². The Morgan fingerprint density at radius 3 is 2.11 bits per heavy atom. The lowest BCUT2D eigenvalue weighted by atomic mass is 10.2. The van der Waals surface area contributed by atoms with Crippen molar-refractivity contribution in [2.75, 3.05) is 44.1 Å². The fraction of sp³-hybridized carbons (Fsp3) is 0.350. The number of para-hydroxylation sites is 1. The zero-order valence-electron chi connectivity index (χ0n) is 15.7. The maximum absolute atomic E-state index is 13.0. The molecule has 1 amide bonds. The Bertz CT molecular complexity index is 874. The first-order chi connectivity index (χ1) is 12.9. The number of hydrogen-bond acceptors (Lipinski definition) is 4. The highest BCUT2D eigenvalue weighted by Gasteiger charge is 2.25. The van der Waals surface area contributed by atoms with Crippen LogP contribution in [0.4, 0.5) is 5.69 Å². The molecule has 0 spiro atoms. The summed E-state index contributed by atoms with van der Waals surface area (Å²) in [5, 5.41) is 0. The number of sulfonamides is 1. The van der Waals surface area contributed by atoms with E-state index in [2.05, 4.69) is 4.90 Å². The molecule has 1 saturated heterocycles. The third-order valence-corrected chi connectivity index (χ3v) is 6.73. The second-order valence-electron chi connectivity index (χ2n) is 6.63. The lowest BCUT2D eigenvalue weighted by molar-refractivity contribution is 0.0664. The minimum Gasteiger partial charge on any atom is -0.336 e. The van der Waals surface area contributed by atoms with Crippen molar-refractivity contribution >= 4 is 21.6 Å². The average molecular weight is 388 g/mol. The lowest BCUT2D eigenvalue weighted by Gasteiger charge is -2.32. The van der Waals surface area contributed by atoms with Gasteiger partial charge in [0.05, 0.1) is 10.6 Å². The van der Waals surface area contributed by atoms with Crippen LogP contribution < -0.4 is 4.31 Å². The van der Waals surface area contributed by atoms with E-state index in [1.165, 1.54) is 16.4 Å². The van der Waals surface area contributed by atoms with E-state index in [4.69, 9.17) is 0 Å². The van der Waals surface area contributed by atoms with Crippen molar-refractivity contribution in [3.05, 3.63) is 60.2 Å². The van der Waals surface area contributed by atoms with Crippen molar-refractivity contribution in [1.29, 1.82) is 0 Å². The van der Waals surface area contributed by atoms with Crippen LogP contribution in [0.25, 0.3) is 0 Å². The number of anilines is 1. The van der Waals surface area contributed by atoms with Gasteiger partial charge in [-0.3, -0.25) is 9.10 Å². The van der Waals surface area contributed by atoms with E-state index in [0.29, 0.717) is 30.9 Å². The predicted octanol–water partition coefficient (Wildman–Crippen LogP) is 2.29. The zero-order chi connectivity index (χ0) is 19.4. The molecule has 144 valence electrons. The van der Waals surface area contributed by atoms with Crippen LogP contribution in [0.5, 0.6) is 0 Å². The van der Waals surface area contributed by atoms with Gasteiger partial charge in [0.25, 0.3) is 15.9 Å². The molecule has 7 heteroatoms. The summed E-state index contributed by atoms with van der Waals surface area (Å²) in [7, 11) is -1.64. The van der Waals surface area contributed by atoms with Gasteiger partial charge in [-0.05, 0) is 50.4 Å². The first-order valence-corrected chi connectivity index (χ1v) is 10.5. The number of hydrogen-bond donors (Lipinski definition) is 0. The van der Waals surface area contributed by atoms with Gasteiger partial charge in [0.2, 0.25) is 0 Å². The van der Waals surface area contributed by atoms with Crippen molar-refractivity contribution in [3.63, 3.8) is 0 Å². The molecule has 0 aliphatic carbocycles. The minimum atomic E-state index is -3.68. The number of benzene rings is 2. The maximum atomic E-state index is 13.0. The second-order valence-corrected chi connectivity index (χ2v) is 8.49. The van der Waals surface area contributed by atoms with Gasteiger partial charge in [-0.15, -0.1) is 0 Å². The van der Waals surface area contributed by atoms with Crippen LogP contribution in [-0.4, -0.2) is 63.9 Å². The van der Waals surface area contributed by atoms with Crippen LogP contribution in [0.15, 0.2) is 59.5 Å². The normalized spacial score (nSPS) is 15.6. The molecule has 2 aromatic rings. The van der Waals surface area contributed by atoms with E-state index in [1.807, 2.05) is 30.1 Å². The molecule has 0 atom stereocenters. The van der Waals surface area contributed by atoms with E-state index in [0.717, 1.165) is 13.1 Å². The zero-order valence-corrected chi connectivity index (χ0v) is 16.5. The van der Waals surface area contributed by atoms with E-state index >= 15 is 0 Å². The largest absolute Gasteiger partial charge is 0.336 e. The molecule has 0 saturated carbocycles. The molecule has 2 aromatic carbocycles. The molecular formula is C20H25N3O3S. The Balaban J connectivity index is 1.80. The van der Waals surface area contributed by atoms with E-state index in [1.54, 1.807) is 31.2 Å². The Kier molecular flexibility index (Phi) is 5.82. The van der Waals surface area contributed by atoms with Crippen molar-refractivity contribution in [2.45, 2.75) is 11.8 Å². The van der Waals surface area contributed by atoms with E-state index in [9.17, 15) is 13.2 Å². The summed E-state index contributed by atoms with van der Waals surface area (Å²) in [5.41, 5.74) is 1.14. The molecule has 0 radical (unpaired) electrons.